The number of nitrogens with one attached hydrogen (secondary N) is 2. The van der Waals surface area contributed by atoms with Gasteiger partial charge in [-0.2, -0.15) is 0 Å². The van der Waals surface area contributed by atoms with E-state index in [1.54, 1.807) is 0 Å². The molecule has 0 amide bonds. The van der Waals surface area contributed by atoms with E-state index in [-0.39, 0.29) is 12.4 Å². The third-order valence-corrected chi connectivity index (χ3v) is 3.59. The molecule has 1 heterocycles. The van der Waals surface area contributed by atoms with Gasteiger partial charge in [0.1, 0.15) is 0 Å². The molecule has 1 aliphatic rings. The Morgan fingerprint density at radius 1 is 1.20 bits per heavy atom. The maximum absolute atomic E-state index is 3.58. The molecule has 84 valence electrons. The van der Waals surface area contributed by atoms with Crippen molar-refractivity contribution in [1.82, 2.24) is 10.6 Å². The number of rotatable bonds is 1. The maximum atomic E-state index is 3.58. The molecule has 15 heavy (non-hydrogen) atoms. The van der Waals surface area contributed by atoms with Gasteiger partial charge in [-0.25, -0.2) is 0 Å². The van der Waals surface area contributed by atoms with E-state index in [4.69, 9.17) is 0 Å². The van der Waals surface area contributed by atoms with Gasteiger partial charge in [0.25, 0.3) is 0 Å². The average molecular weight is 356 g/mol. The molecule has 2 N–H and O–H groups in total. The minimum Gasteiger partial charge on any atom is -0.314 e. The SMILES string of the molecule is Brc1ccc(Br)c([C@H]2CNCCN2)c1.Cl. The molecule has 1 aromatic rings. The van der Waals surface area contributed by atoms with Crippen LogP contribution in [0.15, 0.2) is 27.1 Å². The summed E-state index contributed by atoms with van der Waals surface area (Å²) in [6, 6.07) is 6.70. The molecule has 0 radical (unpaired) electrons. The largest absolute Gasteiger partial charge is 0.314 e. The van der Waals surface area contributed by atoms with Crippen LogP contribution in [-0.2, 0) is 0 Å². The zero-order valence-electron chi connectivity index (χ0n) is 8.09. The second-order valence-corrected chi connectivity index (χ2v) is 5.15. The van der Waals surface area contributed by atoms with E-state index in [1.807, 2.05) is 6.07 Å². The van der Waals surface area contributed by atoms with Crippen LogP contribution in [0.25, 0.3) is 0 Å². The molecule has 1 aromatic carbocycles. The lowest BCUT2D eigenvalue weighted by molar-refractivity contribution is 0.429. The monoisotopic (exact) mass is 354 g/mol. The summed E-state index contributed by atoms with van der Waals surface area (Å²) in [5, 5.41) is 6.87. The maximum Gasteiger partial charge on any atom is 0.0458 e. The van der Waals surface area contributed by atoms with E-state index in [9.17, 15) is 0 Å². The number of hydrogen-bond donors (Lipinski definition) is 2. The van der Waals surface area contributed by atoms with Crippen molar-refractivity contribution in [2.24, 2.45) is 0 Å². The highest BCUT2D eigenvalue weighted by molar-refractivity contribution is 9.11. The number of piperazine rings is 1. The Morgan fingerprint density at radius 2 is 2.00 bits per heavy atom. The predicted octanol–water partition coefficient (Wildman–Crippen LogP) is 2.87. The van der Waals surface area contributed by atoms with Gasteiger partial charge in [-0.3, -0.25) is 0 Å². The minimum absolute atomic E-state index is 0. The van der Waals surface area contributed by atoms with Gasteiger partial charge in [-0.1, -0.05) is 31.9 Å². The lowest BCUT2D eigenvalue weighted by Crippen LogP contribution is -2.42. The van der Waals surface area contributed by atoms with Crippen LogP contribution in [0.4, 0.5) is 0 Å². The Balaban J connectivity index is 0.00000112. The Hall–Kier alpha value is 0.390. The lowest BCUT2D eigenvalue weighted by atomic mass is 10.1. The summed E-state index contributed by atoms with van der Waals surface area (Å²) in [6.07, 6.45) is 0. The first-order valence-electron chi connectivity index (χ1n) is 4.66. The van der Waals surface area contributed by atoms with Gasteiger partial charge >= 0.3 is 0 Å². The molecule has 1 atom stereocenters. The Kier molecular flexibility index (Phi) is 5.57. The Bertz CT molecular complexity index is 327. The highest BCUT2D eigenvalue weighted by Crippen LogP contribution is 2.27. The Morgan fingerprint density at radius 3 is 2.67 bits per heavy atom. The highest BCUT2D eigenvalue weighted by atomic mass is 79.9. The third-order valence-electron chi connectivity index (χ3n) is 2.37. The molecule has 0 saturated carbocycles. The van der Waals surface area contributed by atoms with Crippen molar-refractivity contribution in [2.75, 3.05) is 19.6 Å². The standard InChI is InChI=1S/C10H12Br2N2.ClH/c11-7-1-2-9(12)8(5-7)10-6-13-3-4-14-10;/h1-2,5,10,13-14H,3-4,6H2;1H/t10-;/m1./s1. The zero-order chi connectivity index (χ0) is 9.97. The van der Waals surface area contributed by atoms with Crippen molar-refractivity contribution in [3.8, 4) is 0 Å². The van der Waals surface area contributed by atoms with E-state index in [0.717, 1.165) is 24.1 Å². The highest BCUT2D eigenvalue weighted by Gasteiger charge is 2.16. The molecule has 2 nitrogen and oxygen atoms in total. The van der Waals surface area contributed by atoms with Crippen molar-refractivity contribution in [3.05, 3.63) is 32.7 Å². The van der Waals surface area contributed by atoms with E-state index in [1.165, 1.54) is 10.0 Å². The van der Waals surface area contributed by atoms with Gasteiger partial charge in [0.05, 0.1) is 0 Å². The summed E-state index contributed by atoms with van der Waals surface area (Å²) in [6.45, 7) is 3.08. The molecule has 0 unspecified atom stereocenters. The number of halogens is 3. The number of hydrogen-bond acceptors (Lipinski definition) is 2. The zero-order valence-corrected chi connectivity index (χ0v) is 12.1. The summed E-state index contributed by atoms with van der Waals surface area (Å²) in [5.41, 5.74) is 1.31. The van der Waals surface area contributed by atoms with Gasteiger partial charge in [-0.05, 0) is 23.8 Å². The lowest BCUT2D eigenvalue weighted by Gasteiger charge is -2.25. The van der Waals surface area contributed by atoms with E-state index in [0.29, 0.717) is 6.04 Å². The fraction of sp³-hybridized carbons (Fsp3) is 0.400. The molecule has 0 spiro atoms. The van der Waals surface area contributed by atoms with Crippen LogP contribution >= 0.6 is 44.3 Å². The second kappa shape index (κ2) is 6.21. The van der Waals surface area contributed by atoms with Crippen LogP contribution < -0.4 is 10.6 Å². The molecular weight excluding hydrogens is 343 g/mol. The average Bonchev–Trinajstić information content (AvgIpc) is 2.23. The normalized spacial score (nSPS) is 20.8. The van der Waals surface area contributed by atoms with Crippen LogP contribution in [0.5, 0.6) is 0 Å². The first-order chi connectivity index (χ1) is 6.77. The topological polar surface area (TPSA) is 24.1 Å². The quantitative estimate of drug-likeness (QED) is 0.809. The summed E-state index contributed by atoms with van der Waals surface area (Å²) in [5.74, 6) is 0. The van der Waals surface area contributed by atoms with Crippen molar-refractivity contribution in [2.45, 2.75) is 6.04 Å². The van der Waals surface area contributed by atoms with Crippen LogP contribution in [0, 0.1) is 0 Å². The molecule has 1 aliphatic heterocycles. The third kappa shape index (κ3) is 3.43. The van der Waals surface area contributed by atoms with Gasteiger partial charge in [-0.15, -0.1) is 12.4 Å². The summed E-state index contributed by atoms with van der Waals surface area (Å²) in [7, 11) is 0. The molecule has 0 bridgehead atoms. The first kappa shape index (κ1) is 13.5. The predicted molar refractivity (Wildman–Crippen MR) is 72.7 cm³/mol. The van der Waals surface area contributed by atoms with Crippen LogP contribution in [0.2, 0.25) is 0 Å². The summed E-state index contributed by atoms with van der Waals surface area (Å²) in [4.78, 5) is 0. The summed E-state index contributed by atoms with van der Waals surface area (Å²) >= 11 is 7.07. The molecule has 1 fully saturated rings. The van der Waals surface area contributed by atoms with Crippen molar-refractivity contribution >= 4 is 44.3 Å². The van der Waals surface area contributed by atoms with E-state index >= 15 is 0 Å². The second-order valence-electron chi connectivity index (χ2n) is 3.38. The summed E-state index contributed by atoms with van der Waals surface area (Å²) < 4.78 is 2.30. The van der Waals surface area contributed by atoms with Crippen LogP contribution in [0.1, 0.15) is 11.6 Å². The van der Waals surface area contributed by atoms with Crippen molar-refractivity contribution < 1.29 is 0 Å². The molecule has 0 aliphatic carbocycles. The molecular formula is C10H13Br2ClN2. The fourth-order valence-electron chi connectivity index (χ4n) is 1.65. The first-order valence-corrected chi connectivity index (χ1v) is 6.25. The van der Waals surface area contributed by atoms with Gasteiger partial charge in [0.15, 0.2) is 0 Å². The molecule has 1 saturated heterocycles. The van der Waals surface area contributed by atoms with Crippen LogP contribution in [-0.4, -0.2) is 19.6 Å². The van der Waals surface area contributed by atoms with Crippen molar-refractivity contribution in [3.63, 3.8) is 0 Å². The Labute approximate surface area is 113 Å². The molecule has 2 rings (SSSR count). The van der Waals surface area contributed by atoms with Crippen molar-refractivity contribution in [1.29, 1.82) is 0 Å². The minimum atomic E-state index is 0. The molecule has 5 heteroatoms. The van der Waals surface area contributed by atoms with Gasteiger partial charge < -0.3 is 10.6 Å². The smallest absolute Gasteiger partial charge is 0.0458 e. The van der Waals surface area contributed by atoms with Gasteiger partial charge in [0, 0.05) is 34.6 Å². The number of benzene rings is 1. The molecule has 0 aromatic heterocycles. The van der Waals surface area contributed by atoms with Crippen LogP contribution in [0.3, 0.4) is 0 Å². The van der Waals surface area contributed by atoms with E-state index in [2.05, 4.69) is 54.6 Å². The fourth-order valence-corrected chi connectivity index (χ4v) is 2.56. The van der Waals surface area contributed by atoms with Gasteiger partial charge in [0.2, 0.25) is 0 Å². The van der Waals surface area contributed by atoms with E-state index < -0.39 is 0 Å².